The van der Waals surface area contributed by atoms with Crippen LogP contribution in [0.5, 0.6) is 5.75 Å². The van der Waals surface area contributed by atoms with Crippen LogP contribution in [-0.4, -0.2) is 157 Å². The Bertz CT molecular complexity index is 5090. The summed E-state index contributed by atoms with van der Waals surface area (Å²) in [7, 11) is -13.4. The monoisotopic (exact) mass is 1610 g/mol. The fraction of sp³-hybridized carbons (Fsp3) is 0.410. The first-order chi connectivity index (χ1) is 53.3. The minimum absolute atomic E-state index is 0.00196. The number of ether oxygens (including phenoxy) is 2. The van der Waals surface area contributed by atoms with Crippen LogP contribution in [0.25, 0.3) is 0 Å². The molecule has 2 amide bonds. The van der Waals surface area contributed by atoms with E-state index in [1.807, 2.05) is 107 Å². The molecule has 112 heavy (non-hydrogen) atoms. The number of anilines is 5. The molecule has 29 heteroatoms. The number of benzene rings is 7. The molecule has 602 valence electrons. The van der Waals surface area contributed by atoms with Gasteiger partial charge in [-0.3, -0.25) is 9.59 Å². The minimum atomic E-state index is -4.20. The van der Waals surface area contributed by atoms with Gasteiger partial charge in [-0.1, -0.05) is 144 Å². The highest BCUT2D eigenvalue weighted by Crippen LogP contribution is 2.36. The lowest BCUT2D eigenvalue weighted by Gasteiger charge is -2.30. The van der Waals surface area contributed by atoms with Gasteiger partial charge in [0.05, 0.1) is 54.0 Å². The number of likely N-dealkylation sites (N-methyl/N-ethyl adjacent to an activating group) is 2. The van der Waals surface area contributed by atoms with E-state index in [0.717, 1.165) is 64.1 Å². The Hall–Kier alpha value is -9.65. The number of carbonyl (C=O) groups is 3. The van der Waals surface area contributed by atoms with E-state index in [-0.39, 0.29) is 70.4 Å². The number of rotatable bonds is 39. The number of nitrogens with one attached hydrogen (secondary N) is 4. The van der Waals surface area contributed by atoms with E-state index in [9.17, 15) is 48.1 Å². The molecule has 7 aromatic carbocycles. The summed E-state index contributed by atoms with van der Waals surface area (Å²) in [4.78, 5) is 61.7. The van der Waals surface area contributed by atoms with Crippen LogP contribution in [-0.2, 0) is 54.4 Å². The van der Waals surface area contributed by atoms with Gasteiger partial charge in [0.15, 0.2) is 23.1 Å². The largest absolute Gasteiger partial charge is 0.493 e. The summed E-state index contributed by atoms with van der Waals surface area (Å²) in [5.74, 6) is -1.44. The SMILES string of the molecule is CCCCCCCCCCCCCCOC(=O)c1ccc(C)c(NC(=O)C(=Nc2ccc(N(CC)CCNS(C)(=O)=O)cc2C)C2=NS(=O)(=O)c3ccccc3N2C)c1.CCN(CCNS(C)(=O)=O)c1ccc(N=C(C(=O)Nc2ccccc2C)C2=Nc3ccccc3S(=O)(=O)N2CCCOc2ccc(C)cc2C)c(C)c1. The summed E-state index contributed by atoms with van der Waals surface area (Å²) >= 11 is 0. The zero-order valence-corrected chi connectivity index (χ0v) is 69.7. The smallest absolute Gasteiger partial charge is 0.338 e. The van der Waals surface area contributed by atoms with Crippen molar-refractivity contribution in [2.24, 2.45) is 19.4 Å². The minimum Gasteiger partial charge on any atom is -0.493 e. The summed E-state index contributed by atoms with van der Waals surface area (Å²) in [5.41, 5.74) is 8.68. The second-order valence-electron chi connectivity index (χ2n) is 28.0. The van der Waals surface area contributed by atoms with E-state index >= 15 is 0 Å². The van der Waals surface area contributed by atoms with Gasteiger partial charge in [-0.2, -0.15) is 8.42 Å². The van der Waals surface area contributed by atoms with Gasteiger partial charge in [0.2, 0.25) is 20.0 Å². The second kappa shape index (κ2) is 41.2. The van der Waals surface area contributed by atoms with E-state index in [4.69, 9.17) is 24.5 Å². The number of aliphatic imine (C=N–C) groups is 3. The molecule has 7 aromatic rings. The fourth-order valence-corrected chi connectivity index (χ4v) is 16.6. The Morgan fingerprint density at radius 1 is 0.518 bits per heavy atom. The standard InChI is InChI=1S/C44H62N6O7S2.C39H46N6O6S2/c1-7-9-10-11-12-13-14-15-16-17-18-21-30-57-44(52)35-25-24-33(3)38(32-35)47-43(51)41(42-48-59(55,56)40-23-20-19-22-39(40)49(42)5)46-37-27-26-36(31-34(37)4)50(8-2)29-28-45-58(6,53)54;1-7-44(23-21-40-52(6,47)48)31-18-19-33(29(4)26-31)41-37(39(46)43-32-14-9-8-13-28(32)3)38-42-34-15-10-11-16-36(34)53(49,50)45(38)22-12-24-51-35-20-17-27(2)25-30(35)5/h19-20,22-27,31-32,45H,7-18,21,28-30H2,1-6H3,(H,47,51);8-11,13-20,25-26,40H,7,12,21-24H2,1-6H3,(H,43,46). The molecule has 0 fully saturated rings. The molecule has 0 aliphatic carbocycles. The van der Waals surface area contributed by atoms with Crippen molar-refractivity contribution in [1.82, 2.24) is 13.7 Å². The number of fused-ring (bicyclic) bond motifs is 2. The lowest BCUT2D eigenvalue weighted by atomic mass is 10.1. The lowest BCUT2D eigenvalue weighted by Crippen LogP contribution is -2.47. The van der Waals surface area contributed by atoms with Crippen molar-refractivity contribution >= 4 is 126 Å². The topological polar surface area (TPSA) is 317 Å². The Morgan fingerprint density at radius 2 is 1.04 bits per heavy atom. The van der Waals surface area contributed by atoms with Crippen molar-refractivity contribution < 1.29 is 57.5 Å². The van der Waals surface area contributed by atoms with Crippen molar-refractivity contribution in [2.75, 3.05) is 104 Å². The number of hydrogen-bond acceptors (Lipinski definition) is 19. The van der Waals surface area contributed by atoms with E-state index in [1.54, 1.807) is 98.9 Å². The number of sulfonamides is 4. The van der Waals surface area contributed by atoms with Crippen LogP contribution >= 0.6 is 0 Å². The number of hydrogen-bond donors (Lipinski definition) is 4. The van der Waals surface area contributed by atoms with Gasteiger partial charge in [-0.25, -0.2) is 58.8 Å². The van der Waals surface area contributed by atoms with E-state index in [2.05, 4.69) is 31.4 Å². The van der Waals surface area contributed by atoms with Crippen molar-refractivity contribution in [3.05, 3.63) is 185 Å². The van der Waals surface area contributed by atoms with Gasteiger partial charge in [-0.15, -0.1) is 4.40 Å². The summed E-state index contributed by atoms with van der Waals surface area (Å²) in [6, 6.07) is 41.8. The number of aryl methyl sites for hydroxylation is 6. The van der Waals surface area contributed by atoms with Crippen LogP contribution in [0.4, 0.5) is 45.5 Å². The predicted octanol–water partition coefficient (Wildman–Crippen LogP) is 14.7. The first-order valence-corrected chi connectivity index (χ1v) is 44.8. The van der Waals surface area contributed by atoms with Crippen LogP contribution in [0.3, 0.4) is 0 Å². The third-order valence-corrected chi connectivity index (χ3v) is 23.6. The van der Waals surface area contributed by atoms with Crippen LogP contribution in [0, 0.1) is 41.5 Å². The third-order valence-electron chi connectivity index (χ3n) is 19.0. The van der Waals surface area contributed by atoms with Crippen LogP contribution in [0.15, 0.2) is 175 Å². The normalized spacial score (nSPS) is 13.9. The zero-order chi connectivity index (χ0) is 81.3. The van der Waals surface area contributed by atoms with Gasteiger partial charge in [0, 0.05) is 82.0 Å². The quantitative estimate of drug-likeness (QED) is 0.0158. The van der Waals surface area contributed by atoms with Crippen molar-refractivity contribution in [1.29, 1.82) is 0 Å². The predicted molar refractivity (Wildman–Crippen MR) is 452 cm³/mol. The Morgan fingerprint density at radius 3 is 1.59 bits per heavy atom. The molecule has 0 aromatic heterocycles. The maximum absolute atomic E-state index is 14.3. The Labute approximate surface area is 662 Å². The number of unbranched alkanes of at least 4 members (excludes halogenated alkanes) is 11. The number of carbonyl (C=O) groups excluding carboxylic acids is 3. The molecule has 0 spiro atoms. The van der Waals surface area contributed by atoms with Crippen LogP contribution < -0.4 is 39.5 Å². The number of esters is 1. The Balaban J connectivity index is 0.000000282. The number of amidine groups is 2. The highest BCUT2D eigenvalue weighted by molar-refractivity contribution is 7.91. The third kappa shape index (κ3) is 25.2. The molecule has 0 saturated heterocycles. The lowest BCUT2D eigenvalue weighted by molar-refractivity contribution is -0.111. The summed E-state index contributed by atoms with van der Waals surface area (Å²) in [6.07, 6.45) is 17.0. The van der Waals surface area contributed by atoms with Gasteiger partial charge < -0.3 is 34.8 Å². The van der Waals surface area contributed by atoms with Gasteiger partial charge >= 0.3 is 5.97 Å². The molecule has 4 N–H and O–H groups in total. The van der Waals surface area contributed by atoms with E-state index < -0.39 is 57.9 Å². The number of para-hydroxylation sites is 3. The maximum Gasteiger partial charge on any atom is 0.338 e. The molecule has 2 heterocycles. The molecule has 25 nitrogen and oxygen atoms in total. The molecule has 0 saturated carbocycles. The van der Waals surface area contributed by atoms with Crippen molar-refractivity contribution in [3.63, 3.8) is 0 Å². The highest BCUT2D eigenvalue weighted by atomic mass is 32.2. The van der Waals surface area contributed by atoms with Crippen LogP contribution in [0.1, 0.15) is 148 Å². The Kier molecular flexibility index (Phi) is 32.4. The molecular weight excluding hydrogens is 1500 g/mol. The molecule has 9 rings (SSSR count). The molecule has 2 aliphatic rings. The number of nitrogens with zero attached hydrogens (tertiary/aromatic N) is 8. The van der Waals surface area contributed by atoms with Gasteiger partial charge in [-0.05, 0) is 175 Å². The summed E-state index contributed by atoms with van der Waals surface area (Å²) in [5, 5.41) is 5.79. The molecule has 0 bridgehead atoms. The average molecular weight is 1610 g/mol. The highest BCUT2D eigenvalue weighted by Gasteiger charge is 2.39. The second-order valence-corrected chi connectivity index (χ2v) is 35.1. The summed E-state index contributed by atoms with van der Waals surface area (Å²) < 4.78 is 124. The summed E-state index contributed by atoms with van der Waals surface area (Å²) in [6.45, 7) is 20.5. The van der Waals surface area contributed by atoms with Crippen molar-refractivity contribution in [3.8, 4) is 5.75 Å². The molecule has 2 aliphatic heterocycles. The van der Waals surface area contributed by atoms with E-state index in [1.165, 1.54) is 74.8 Å². The molecule has 0 unspecified atom stereocenters. The van der Waals surface area contributed by atoms with Gasteiger partial charge in [0.1, 0.15) is 15.5 Å². The first-order valence-electron chi connectivity index (χ1n) is 38.2. The van der Waals surface area contributed by atoms with E-state index in [0.29, 0.717) is 90.1 Å². The first kappa shape index (κ1) is 87.9. The van der Waals surface area contributed by atoms with Crippen LogP contribution in [0.2, 0.25) is 0 Å². The molecule has 0 radical (unpaired) electrons. The van der Waals surface area contributed by atoms with Gasteiger partial charge in [0.25, 0.3) is 31.9 Å². The fourth-order valence-electron chi connectivity index (χ4n) is 12.8. The molecular formula is C83H108N12O13S4. The molecule has 0 atom stereocenters. The zero-order valence-electron chi connectivity index (χ0n) is 66.4. The van der Waals surface area contributed by atoms with Crippen molar-refractivity contribution in [2.45, 2.75) is 156 Å². The average Bonchev–Trinajstić information content (AvgIpc) is 0.754. The maximum atomic E-state index is 14.3. The number of amides is 2.